The standard InChI is InChI=1S/C17H27FN2/c1-2-3-6-13-9-11-14(12-10-13)17(20-19)15-7-4-5-8-16(15)18/h4-5,7-8,13-14,17,20H,2-3,6,9-12,19H2,1H3. The number of hydrazine groups is 1. The predicted molar refractivity (Wildman–Crippen MR) is 81.4 cm³/mol. The molecule has 3 heteroatoms. The molecule has 1 aromatic rings. The summed E-state index contributed by atoms with van der Waals surface area (Å²) in [6, 6.07) is 6.93. The minimum Gasteiger partial charge on any atom is -0.271 e. The molecule has 2 rings (SSSR count). The van der Waals surface area contributed by atoms with E-state index in [1.807, 2.05) is 12.1 Å². The lowest BCUT2D eigenvalue weighted by Gasteiger charge is -2.34. The maximum atomic E-state index is 13.9. The quantitative estimate of drug-likeness (QED) is 0.600. The van der Waals surface area contributed by atoms with Gasteiger partial charge in [-0.25, -0.2) is 4.39 Å². The van der Waals surface area contributed by atoms with Gasteiger partial charge in [0.15, 0.2) is 0 Å². The van der Waals surface area contributed by atoms with E-state index in [0.29, 0.717) is 11.5 Å². The lowest BCUT2D eigenvalue weighted by Crippen LogP contribution is -2.36. The van der Waals surface area contributed by atoms with Crippen LogP contribution in [0.4, 0.5) is 4.39 Å². The molecule has 3 N–H and O–H groups in total. The van der Waals surface area contributed by atoms with Gasteiger partial charge in [0.2, 0.25) is 0 Å². The molecule has 0 spiro atoms. The highest BCUT2D eigenvalue weighted by molar-refractivity contribution is 5.22. The molecule has 2 nitrogen and oxygen atoms in total. The lowest BCUT2D eigenvalue weighted by atomic mass is 9.75. The van der Waals surface area contributed by atoms with Crippen LogP contribution in [-0.4, -0.2) is 0 Å². The highest BCUT2D eigenvalue weighted by atomic mass is 19.1. The second kappa shape index (κ2) is 7.75. The van der Waals surface area contributed by atoms with Crippen LogP contribution in [0.15, 0.2) is 24.3 Å². The highest BCUT2D eigenvalue weighted by Crippen LogP contribution is 2.38. The van der Waals surface area contributed by atoms with E-state index in [9.17, 15) is 4.39 Å². The van der Waals surface area contributed by atoms with Crippen LogP contribution in [0.2, 0.25) is 0 Å². The molecule has 0 radical (unpaired) electrons. The van der Waals surface area contributed by atoms with Crippen LogP contribution in [0.25, 0.3) is 0 Å². The lowest BCUT2D eigenvalue weighted by molar-refractivity contribution is 0.211. The van der Waals surface area contributed by atoms with Gasteiger partial charge in [-0.15, -0.1) is 0 Å². The third-order valence-corrected chi connectivity index (χ3v) is 4.75. The molecule has 1 atom stereocenters. The molecule has 0 saturated heterocycles. The third kappa shape index (κ3) is 3.80. The van der Waals surface area contributed by atoms with E-state index in [0.717, 1.165) is 18.8 Å². The Morgan fingerprint density at radius 1 is 1.25 bits per heavy atom. The molecule has 0 aliphatic heterocycles. The van der Waals surface area contributed by atoms with Crippen molar-refractivity contribution < 1.29 is 4.39 Å². The minimum absolute atomic E-state index is 0.0525. The van der Waals surface area contributed by atoms with Gasteiger partial charge >= 0.3 is 0 Å². The summed E-state index contributed by atoms with van der Waals surface area (Å²) < 4.78 is 13.9. The van der Waals surface area contributed by atoms with Gasteiger partial charge in [-0.05, 0) is 30.7 Å². The molecule has 1 aliphatic carbocycles. The number of nitrogens with two attached hydrogens (primary N) is 1. The summed E-state index contributed by atoms with van der Waals surface area (Å²) in [5, 5.41) is 0. The SMILES string of the molecule is CCCCC1CCC(C(NN)c2ccccc2F)CC1. The van der Waals surface area contributed by atoms with Gasteiger partial charge in [0.05, 0.1) is 6.04 Å². The van der Waals surface area contributed by atoms with Gasteiger partial charge in [-0.3, -0.25) is 11.3 Å². The van der Waals surface area contributed by atoms with E-state index >= 15 is 0 Å². The number of nitrogens with one attached hydrogen (secondary N) is 1. The first-order chi connectivity index (χ1) is 9.76. The Kier molecular flexibility index (Phi) is 5.99. The van der Waals surface area contributed by atoms with Crippen molar-refractivity contribution in [2.45, 2.75) is 57.9 Å². The fraction of sp³-hybridized carbons (Fsp3) is 0.647. The van der Waals surface area contributed by atoms with Crippen molar-refractivity contribution >= 4 is 0 Å². The summed E-state index contributed by atoms with van der Waals surface area (Å²) in [4.78, 5) is 0. The Labute approximate surface area is 121 Å². The molecule has 0 bridgehead atoms. The maximum Gasteiger partial charge on any atom is 0.128 e. The smallest absolute Gasteiger partial charge is 0.128 e. The Morgan fingerprint density at radius 2 is 1.95 bits per heavy atom. The van der Waals surface area contributed by atoms with Crippen molar-refractivity contribution in [2.75, 3.05) is 0 Å². The normalized spacial score (nSPS) is 24.6. The number of hydrogen-bond acceptors (Lipinski definition) is 2. The zero-order valence-electron chi connectivity index (χ0n) is 12.4. The molecule has 0 amide bonds. The molecule has 0 heterocycles. The van der Waals surface area contributed by atoms with Crippen molar-refractivity contribution in [3.05, 3.63) is 35.6 Å². The van der Waals surface area contributed by atoms with E-state index in [-0.39, 0.29) is 11.9 Å². The number of halogens is 1. The summed E-state index contributed by atoms with van der Waals surface area (Å²) in [5.41, 5.74) is 3.56. The van der Waals surface area contributed by atoms with E-state index in [4.69, 9.17) is 5.84 Å². The molecule has 0 aromatic heterocycles. The molecule has 1 aromatic carbocycles. The van der Waals surface area contributed by atoms with Gasteiger partial charge < -0.3 is 0 Å². The fourth-order valence-corrected chi connectivity index (χ4v) is 3.51. The molecule has 112 valence electrons. The van der Waals surface area contributed by atoms with Gasteiger partial charge in [0, 0.05) is 5.56 Å². The van der Waals surface area contributed by atoms with Gasteiger partial charge in [-0.2, -0.15) is 0 Å². The van der Waals surface area contributed by atoms with Crippen LogP contribution < -0.4 is 11.3 Å². The van der Waals surface area contributed by atoms with Crippen LogP contribution >= 0.6 is 0 Å². The highest BCUT2D eigenvalue weighted by Gasteiger charge is 2.29. The van der Waals surface area contributed by atoms with Gasteiger partial charge in [0.25, 0.3) is 0 Å². The number of hydrogen-bond donors (Lipinski definition) is 2. The van der Waals surface area contributed by atoms with Crippen molar-refractivity contribution in [3.63, 3.8) is 0 Å². The maximum absolute atomic E-state index is 13.9. The predicted octanol–water partition coefficient (Wildman–Crippen LogP) is 4.33. The Balaban J connectivity index is 1.95. The first-order valence-electron chi connectivity index (χ1n) is 7.96. The van der Waals surface area contributed by atoms with Gasteiger partial charge in [-0.1, -0.05) is 57.2 Å². The van der Waals surface area contributed by atoms with E-state index < -0.39 is 0 Å². The average Bonchev–Trinajstić information content (AvgIpc) is 2.49. The zero-order valence-corrected chi connectivity index (χ0v) is 12.4. The van der Waals surface area contributed by atoms with Crippen LogP contribution in [-0.2, 0) is 0 Å². The monoisotopic (exact) mass is 278 g/mol. The van der Waals surface area contributed by atoms with E-state index in [1.54, 1.807) is 6.07 Å². The first-order valence-corrected chi connectivity index (χ1v) is 7.96. The van der Waals surface area contributed by atoms with Crippen LogP contribution in [0.1, 0.15) is 63.5 Å². The zero-order chi connectivity index (χ0) is 14.4. The molecule has 1 unspecified atom stereocenters. The molecule has 1 fully saturated rings. The largest absolute Gasteiger partial charge is 0.271 e. The van der Waals surface area contributed by atoms with E-state index in [2.05, 4.69) is 12.3 Å². The van der Waals surface area contributed by atoms with Crippen LogP contribution in [0, 0.1) is 17.7 Å². The summed E-state index contributed by atoms with van der Waals surface area (Å²) in [5.74, 6) is 6.87. The minimum atomic E-state index is -0.149. The average molecular weight is 278 g/mol. The van der Waals surface area contributed by atoms with Crippen molar-refractivity contribution in [1.82, 2.24) is 5.43 Å². The van der Waals surface area contributed by atoms with Crippen LogP contribution in [0.5, 0.6) is 0 Å². The number of rotatable bonds is 6. The summed E-state index contributed by atoms with van der Waals surface area (Å²) in [6.45, 7) is 2.25. The van der Waals surface area contributed by atoms with Crippen molar-refractivity contribution in [1.29, 1.82) is 0 Å². The Hall–Kier alpha value is -0.930. The summed E-state index contributed by atoms with van der Waals surface area (Å²) in [7, 11) is 0. The Morgan fingerprint density at radius 3 is 2.55 bits per heavy atom. The molecular weight excluding hydrogens is 251 g/mol. The molecule has 1 saturated carbocycles. The summed E-state index contributed by atoms with van der Waals surface area (Å²) >= 11 is 0. The number of unbranched alkanes of at least 4 members (excludes halogenated alkanes) is 1. The second-order valence-electron chi connectivity index (χ2n) is 6.09. The molecule has 1 aliphatic rings. The van der Waals surface area contributed by atoms with Crippen molar-refractivity contribution in [3.8, 4) is 0 Å². The number of benzene rings is 1. The topological polar surface area (TPSA) is 38.0 Å². The Bertz CT molecular complexity index is 400. The second-order valence-corrected chi connectivity index (χ2v) is 6.09. The van der Waals surface area contributed by atoms with Gasteiger partial charge in [0.1, 0.15) is 5.82 Å². The first kappa shape index (κ1) is 15.5. The van der Waals surface area contributed by atoms with Crippen LogP contribution in [0.3, 0.4) is 0 Å². The third-order valence-electron chi connectivity index (χ3n) is 4.75. The van der Waals surface area contributed by atoms with Crippen molar-refractivity contribution in [2.24, 2.45) is 17.7 Å². The van der Waals surface area contributed by atoms with E-state index in [1.165, 1.54) is 38.2 Å². The fourth-order valence-electron chi connectivity index (χ4n) is 3.51. The molecule has 20 heavy (non-hydrogen) atoms. The summed E-state index contributed by atoms with van der Waals surface area (Å²) in [6.07, 6.45) is 8.79. The molecular formula is C17H27FN2.